The standard InChI is InChI=1S/C10H5Cl2IN4O2/c11-6-3-5(13)1-2-7(6)15-9-8(17(18)19)4-14-10(12)16-9/h1-4H,(H,14,15,16). The fraction of sp³-hybridized carbons (Fsp3) is 0. The van der Waals surface area contributed by atoms with Gasteiger partial charge in [-0.05, 0) is 52.4 Å². The van der Waals surface area contributed by atoms with Gasteiger partial charge in [-0.25, -0.2) is 4.98 Å². The maximum absolute atomic E-state index is 10.9. The first-order valence-electron chi connectivity index (χ1n) is 4.86. The van der Waals surface area contributed by atoms with Crippen molar-refractivity contribution >= 4 is 63.0 Å². The smallest absolute Gasteiger partial charge is 0.329 e. The summed E-state index contributed by atoms with van der Waals surface area (Å²) in [6, 6.07) is 5.23. The minimum Gasteiger partial charge on any atom is -0.333 e. The van der Waals surface area contributed by atoms with Crippen molar-refractivity contribution < 1.29 is 4.92 Å². The van der Waals surface area contributed by atoms with Crippen LogP contribution in [-0.4, -0.2) is 14.9 Å². The average molecular weight is 411 g/mol. The van der Waals surface area contributed by atoms with Crippen molar-refractivity contribution in [3.63, 3.8) is 0 Å². The monoisotopic (exact) mass is 410 g/mol. The second kappa shape index (κ2) is 5.85. The molecule has 0 fully saturated rings. The van der Waals surface area contributed by atoms with E-state index in [4.69, 9.17) is 23.2 Å². The highest BCUT2D eigenvalue weighted by molar-refractivity contribution is 14.1. The summed E-state index contributed by atoms with van der Waals surface area (Å²) < 4.78 is 0.948. The topological polar surface area (TPSA) is 81.0 Å². The molecule has 98 valence electrons. The molecule has 1 aromatic heterocycles. The van der Waals surface area contributed by atoms with E-state index in [2.05, 4.69) is 37.9 Å². The molecule has 0 bridgehead atoms. The first-order valence-corrected chi connectivity index (χ1v) is 6.70. The van der Waals surface area contributed by atoms with E-state index in [1.54, 1.807) is 12.1 Å². The van der Waals surface area contributed by atoms with Gasteiger partial charge in [0.25, 0.3) is 0 Å². The van der Waals surface area contributed by atoms with E-state index in [0.717, 1.165) is 9.77 Å². The fourth-order valence-electron chi connectivity index (χ4n) is 1.30. The number of hydrogen-bond acceptors (Lipinski definition) is 5. The third-order valence-corrected chi connectivity index (χ3v) is 3.29. The molecule has 2 aromatic rings. The maximum Gasteiger partial charge on any atom is 0.329 e. The van der Waals surface area contributed by atoms with Gasteiger partial charge in [-0.2, -0.15) is 4.98 Å². The van der Waals surface area contributed by atoms with E-state index < -0.39 is 4.92 Å². The van der Waals surface area contributed by atoms with E-state index in [1.165, 1.54) is 0 Å². The van der Waals surface area contributed by atoms with Gasteiger partial charge >= 0.3 is 5.69 Å². The number of aromatic nitrogens is 2. The predicted molar refractivity (Wildman–Crippen MR) is 81.1 cm³/mol. The van der Waals surface area contributed by atoms with Crippen molar-refractivity contribution in [1.29, 1.82) is 0 Å². The Kier molecular flexibility index (Phi) is 4.38. The molecule has 0 unspecified atom stereocenters. The molecule has 1 N–H and O–H groups in total. The summed E-state index contributed by atoms with van der Waals surface area (Å²) in [4.78, 5) is 17.6. The van der Waals surface area contributed by atoms with Gasteiger partial charge in [-0.15, -0.1) is 0 Å². The van der Waals surface area contributed by atoms with Crippen molar-refractivity contribution in [1.82, 2.24) is 9.97 Å². The Hall–Kier alpha value is -1.19. The second-order valence-corrected chi connectivity index (χ2v) is 5.37. The molecule has 0 amide bonds. The highest BCUT2D eigenvalue weighted by atomic mass is 127. The van der Waals surface area contributed by atoms with Gasteiger partial charge in [0.15, 0.2) is 0 Å². The van der Waals surface area contributed by atoms with Crippen LogP contribution in [0.15, 0.2) is 24.4 Å². The molecule has 19 heavy (non-hydrogen) atoms. The van der Waals surface area contributed by atoms with Gasteiger partial charge in [0.1, 0.15) is 6.20 Å². The quantitative estimate of drug-likeness (QED) is 0.357. The maximum atomic E-state index is 10.9. The number of rotatable bonds is 3. The molecular formula is C10H5Cl2IN4O2. The predicted octanol–water partition coefficient (Wildman–Crippen LogP) is 4.04. The number of nitrogens with zero attached hydrogens (tertiary/aromatic N) is 3. The Balaban J connectivity index is 2.42. The average Bonchev–Trinajstić information content (AvgIpc) is 2.32. The third kappa shape index (κ3) is 3.43. The van der Waals surface area contributed by atoms with Gasteiger partial charge in [0.2, 0.25) is 11.1 Å². The Morgan fingerprint density at radius 3 is 2.74 bits per heavy atom. The van der Waals surface area contributed by atoms with Gasteiger partial charge in [0.05, 0.1) is 15.6 Å². The summed E-state index contributed by atoms with van der Waals surface area (Å²) in [7, 11) is 0. The molecule has 0 atom stereocenters. The molecule has 0 saturated carbocycles. The number of nitro groups is 1. The lowest BCUT2D eigenvalue weighted by Crippen LogP contribution is -2.01. The first kappa shape index (κ1) is 14.2. The molecule has 0 aliphatic rings. The van der Waals surface area contributed by atoms with Crippen molar-refractivity contribution in [3.8, 4) is 0 Å². The van der Waals surface area contributed by atoms with E-state index in [-0.39, 0.29) is 16.8 Å². The summed E-state index contributed by atoms with van der Waals surface area (Å²) >= 11 is 13.8. The van der Waals surface area contributed by atoms with E-state index in [9.17, 15) is 10.1 Å². The Morgan fingerprint density at radius 2 is 2.11 bits per heavy atom. The number of hydrogen-bond donors (Lipinski definition) is 1. The molecule has 0 radical (unpaired) electrons. The molecule has 1 aromatic carbocycles. The van der Waals surface area contributed by atoms with Crippen LogP contribution in [0.1, 0.15) is 0 Å². The lowest BCUT2D eigenvalue weighted by Gasteiger charge is -2.08. The number of halogens is 3. The van der Waals surface area contributed by atoms with Gasteiger partial charge in [-0.3, -0.25) is 10.1 Å². The van der Waals surface area contributed by atoms with Crippen LogP contribution < -0.4 is 5.32 Å². The minimum atomic E-state index is -0.598. The Labute approximate surface area is 131 Å². The van der Waals surface area contributed by atoms with Crippen molar-refractivity contribution in [2.45, 2.75) is 0 Å². The zero-order chi connectivity index (χ0) is 14.0. The lowest BCUT2D eigenvalue weighted by molar-refractivity contribution is -0.384. The molecule has 0 aliphatic carbocycles. The molecule has 0 aliphatic heterocycles. The SMILES string of the molecule is O=[N+]([O-])c1cnc(Cl)nc1Nc1ccc(I)cc1Cl. The van der Waals surface area contributed by atoms with Crippen LogP contribution in [0, 0.1) is 13.7 Å². The lowest BCUT2D eigenvalue weighted by atomic mass is 10.3. The zero-order valence-corrected chi connectivity index (χ0v) is 12.8. The molecule has 1 heterocycles. The molecule has 6 nitrogen and oxygen atoms in total. The van der Waals surface area contributed by atoms with Crippen molar-refractivity contribution in [2.24, 2.45) is 0 Å². The Bertz CT molecular complexity index is 653. The van der Waals surface area contributed by atoms with E-state index >= 15 is 0 Å². The molecule has 9 heteroatoms. The summed E-state index contributed by atoms with van der Waals surface area (Å²) in [5.41, 5.74) is 0.221. The van der Waals surface area contributed by atoms with Crippen LogP contribution >= 0.6 is 45.8 Å². The van der Waals surface area contributed by atoms with Crippen LogP contribution in [-0.2, 0) is 0 Å². The first-order chi connectivity index (χ1) is 8.97. The van der Waals surface area contributed by atoms with E-state index in [0.29, 0.717) is 10.7 Å². The summed E-state index contributed by atoms with van der Waals surface area (Å²) in [5.74, 6) is -0.00638. The number of benzene rings is 1. The number of nitrogens with one attached hydrogen (secondary N) is 1. The fourth-order valence-corrected chi connectivity index (χ4v) is 2.33. The molecule has 0 spiro atoms. The highest BCUT2D eigenvalue weighted by Gasteiger charge is 2.17. The summed E-state index contributed by atoms with van der Waals surface area (Å²) in [6.45, 7) is 0. The second-order valence-electron chi connectivity index (χ2n) is 3.38. The van der Waals surface area contributed by atoms with Crippen molar-refractivity contribution in [3.05, 3.63) is 48.4 Å². The highest BCUT2D eigenvalue weighted by Crippen LogP contribution is 2.30. The molecular weight excluding hydrogens is 406 g/mol. The van der Waals surface area contributed by atoms with Gasteiger partial charge in [0, 0.05) is 3.57 Å². The minimum absolute atomic E-state index is 0.00638. The Morgan fingerprint density at radius 1 is 1.37 bits per heavy atom. The number of anilines is 2. The van der Waals surface area contributed by atoms with Crippen LogP contribution in [0.5, 0.6) is 0 Å². The summed E-state index contributed by atoms with van der Waals surface area (Å²) in [5, 5.41) is 14.0. The zero-order valence-electron chi connectivity index (χ0n) is 9.10. The van der Waals surface area contributed by atoms with Crippen LogP contribution in [0.4, 0.5) is 17.2 Å². The van der Waals surface area contributed by atoms with Gasteiger partial charge in [-0.1, -0.05) is 11.6 Å². The van der Waals surface area contributed by atoms with Crippen molar-refractivity contribution in [2.75, 3.05) is 5.32 Å². The summed E-state index contributed by atoms with van der Waals surface area (Å²) in [6.07, 6.45) is 1.04. The van der Waals surface area contributed by atoms with Crippen LogP contribution in [0.2, 0.25) is 10.3 Å². The van der Waals surface area contributed by atoms with Gasteiger partial charge < -0.3 is 5.32 Å². The van der Waals surface area contributed by atoms with Crippen LogP contribution in [0.25, 0.3) is 0 Å². The molecule has 2 rings (SSSR count). The largest absolute Gasteiger partial charge is 0.333 e. The normalized spacial score (nSPS) is 10.3. The molecule has 0 saturated heterocycles. The van der Waals surface area contributed by atoms with E-state index in [1.807, 2.05) is 6.07 Å². The van der Waals surface area contributed by atoms with Crippen LogP contribution in [0.3, 0.4) is 0 Å². The third-order valence-electron chi connectivity index (χ3n) is 2.12.